The number of fused-ring (bicyclic) bond motifs is 1. The van der Waals surface area contributed by atoms with E-state index in [9.17, 15) is 19.7 Å². The minimum atomic E-state index is -0.499. The van der Waals surface area contributed by atoms with E-state index in [1.54, 1.807) is 29.2 Å². The summed E-state index contributed by atoms with van der Waals surface area (Å²) in [5.41, 5.74) is 1.72. The number of nitro groups is 1. The maximum atomic E-state index is 13.6. The Bertz CT molecular complexity index is 1460. The Morgan fingerprint density at radius 3 is 2.41 bits per heavy atom. The van der Waals surface area contributed by atoms with E-state index in [0.29, 0.717) is 42.3 Å². The molecule has 0 atom stereocenters. The maximum absolute atomic E-state index is 13.6. The van der Waals surface area contributed by atoms with Crippen LogP contribution in [-0.2, 0) is 16.0 Å². The maximum Gasteiger partial charge on any atom is 0.271 e. The Labute approximate surface area is 192 Å². The molecule has 0 saturated carbocycles. The minimum absolute atomic E-state index is 0.0424. The third-order valence-electron chi connectivity index (χ3n) is 5.65. The van der Waals surface area contributed by atoms with Crippen LogP contribution in [0.1, 0.15) is 12.7 Å². The lowest BCUT2D eigenvalue weighted by atomic mass is 10.1. The quantitative estimate of drug-likeness (QED) is 0.327. The molecule has 0 unspecified atom stereocenters. The number of nitrogens with zero attached hydrogens (tertiary/aromatic N) is 5. The number of carbonyl (C=O) groups is 1. The number of non-ortho nitro benzene ring substituents is 1. The third kappa shape index (κ3) is 3.61. The van der Waals surface area contributed by atoms with Crippen LogP contribution in [0.5, 0.6) is 0 Å². The van der Waals surface area contributed by atoms with Gasteiger partial charge in [0.15, 0.2) is 0 Å². The molecule has 1 aliphatic rings. The average Bonchev–Trinajstić information content (AvgIpc) is 3.29. The number of hydrogen-bond donors (Lipinski definition) is 0. The van der Waals surface area contributed by atoms with E-state index in [4.69, 9.17) is 9.26 Å². The second-order valence-corrected chi connectivity index (χ2v) is 7.65. The zero-order valence-electron chi connectivity index (χ0n) is 18.1. The molecule has 0 aliphatic carbocycles. The second kappa shape index (κ2) is 8.52. The first kappa shape index (κ1) is 21.5. The standard InChI is InChI=1S/C23H19N5O6/c1-2-18-24-22-20(21(25-34-22)14-3-5-17(6-4-14)28(31)32)23(30)27(18)16-9-7-15(8-10-16)26-11-12-33-13-19(26)29/h3-10H,2,11-13H2,1H3. The minimum Gasteiger partial charge on any atom is -0.370 e. The van der Waals surface area contributed by atoms with Gasteiger partial charge in [0, 0.05) is 36.3 Å². The topological polar surface area (TPSA) is 134 Å². The van der Waals surface area contributed by atoms with Gasteiger partial charge in [-0.25, -0.2) is 0 Å². The van der Waals surface area contributed by atoms with Crippen molar-refractivity contribution >= 4 is 28.4 Å². The van der Waals surface area contributed by atoms with Crippen molar-refractivity contribution in [2.24, 2.45) is 0 Å². The van der Waals surface area contributed by atoms with Gasteiger partial charge >= 0.3 is 0 Å². The van der Waals surface area contributed by atoms with E-state index in [2.05, 4.69) is 10.1 Å². The summed E-state index contributed by atoms with van der Waals surface area (Å²) >= 11 is 0. The van der Waals surface area contributed by atoms with Crippen molar-refractivity contribution in [1.82, 2.24) is 14.7 Å². The molecule has 34 heavy (non-hydrogen) atoms. The highest BCUT2D eigenvalue weighted by Crippen LogP contribution is 2.27. The van der Waals surface area contributed by atoms with E-state index in [0.717, 1.165) is 0 Å². The van der Waals surface area contributed by atoms with Gasteiger partial charge in [0.25, 0.3) is 22.9 Å². The lowest BCUT2D eigenvalue weighted by Gasteiger charge is -2.27. The number of anilines is 1. The van der Waals surface area contributed by atoms with E-state index in [-0.39, 0.29) is 40.6 Å². The molecule has 2 aromatic carbocycles. The summed E-state index contributed by atoms with van der Waals surface area (Å²) in [6, 6.07) is 12.8. The number of aromatic nitrogens is 3. The zero-order chi connectivity index (χ0) is 23.8. The monoisotopic (exact) mass is 461 g/mol. The van der Waals surface area contributed by atoms with Gasteiger partial charge in [-0.2, -0.15) is 4.98 Å². The molecule has 1 fully saturated rings. The number of morpholine rings is 1. The molecule has 0 bridgehead atoms. The molecule has 0 N–H and O–H groups in total. The zero-order valence-corrected chi connectivity index (χ0v) is 18.1. The first-order valence-electron chi connectivity index (χ1n) is 10.6. The number of carbonyl (C=O) groups excluding carboxylic acids is 1. The number of aryl methyl sites for hydroxylation is 1. The molecule has 4 aromatic rings. The first-order valence-corrected chi connectivity index (χ1v) is 10.6. The average molecular weight is 461 g/mol. The van der Waals surface area contributed by atoms with Crippen molar-refractivity contribution in [3.63, 3.8) is 0 Å². The summed E-state index contributed by atoms with van der Waals surface area (Å²) in [6.07, 6.45) is 0.461. The highest BCUT2D eigenvalue weighted by Gasteiger charge is 2.23. The molecule has 0 spiro atoms. The largest absolute Gasteiger partial charge is 0.370 e. The number of benzene rings is 2. The van der Waals surface area contributed by atoms with Crippen molar-refractivity contribution < 1.29 is 19.0 Å². The van der Waals surface area contributed by atoms with Crippen LogP contribution in [-0.4, -0.2) is 45.3 Å². The van der Waals surface area contributed by atoms with Gasteiger partial charge in [-0.15, -0.1) is 0 Å². The molecule has 1 aliphatic heterocycles. The molecule has 0 radical (unpaired) electrons. The van der Waals surface area contributed by atoms with Gasteiger partial charge in [0.2, 0.25) is 0 Å². The SMILES string of the molecule is CCc1nc2onc(-c3ccc([N+](=O)[O-])cc3)c2c(=O)n1-c1ccc(N2CCOCC2=O)cc1. The highest BCUT2D eigenvalue weighted by atomic mass is 16.6. The summed E-state index contributed by atoms with van der Waals surface area (Å²) in [5.74, 6) is 0.366. The van der Waals surface area contributed by atoms with Crippen LogP contribution in [0.4, 0.5) is 11.4 Å². The van der Waals surface area contributed by atoms with E-state index < -0.39 is 4.92 Å². The lowest BCUT2D eigenvalue weighted by Crippen LogP contribution is -2.41. The van der Waals surface area contributed by atoms with Crippen molar-refractivity contribution in [2.45, 2.75) is 13.3 Å². The number of amides is 1. The number of nitro benzene ring substituents is 1. The fourth-order valence-electron chi connectivity index (χ4n) is 3.96. The molecule has 5 rings (SSSR count). The van der Waals surface area contributed by atoms with E-state index in [1.165, 1.54) is 28.8 Å². The van der Waals surface area contributed by atoms with Crippen LogP contribution >= 0.6 is 0 Å². The summed E-state index contributed by atoms with van der Waals surface area (Å²) in [7, 11) is 0. The van der Waals surface area contributed by atoms with Gasteiger partial charge < -0.3 is 14.2 Å². The molecule has 1 amide bonds. The predicted octanol–water partition coefficient (Wildman–Crippen LogP) is 2.87. The van der Waals surface area contributed by atoms with Crippen molar-refractivity contribution in [3.8, 4) is 16.9 Å². The third-order valence-corrected chi connectivity index (χ3v) is 5.65. The first-order chi connectivity index (χ1) is 16.5. The predicted molar refractivity (Wildman–Crippen MR) is 122 cm³/mol. The molecule has 3 heterocycles. The molecular weight excluding hydrogens is 442 g/mol. The Morgan fingerprint density at radius 1 is 1.06 bits per heavy atom. The van der Waals surface area contributed by atoms with E-state index >= 15 is 0 Å². The summed E-state index contributed by atoms with van der Waals surface area (Å²) in [6.45, 7) is 2.84. The molecule has 1 saturated heterocycles. The van der Waals surface area contributed by atoms with Crippen LogP contribution < -0.4 is 10.5 Å². The van der Waals surface area contributed by atoms with Crippen LogP contribution in [0.2, 0.25) is 0 Å². The number of rotatable bonds is 5. The van der Waals surface area contributed by atoms with Crippen LogP contribution in [0.25, 0.3) is 28.0 Å². The van der Waals surface area contributed by atoms with Gasteiger partial charge in [-0.1, -0.05) is 12.1 Å². The lowest BCUT2D eigenvalue weighted by molar-refractivity contribution is -0.384. The van der Waals surface area contributed by atoms with E-state index in [1.807, 2.05) is 6.92 Å². The molecule has 172 valence electrons. The Kier molecular flexibility index (Phi) is 5.38. The van der Waals surface area contributed by atoms with Crippen LogP contribution in [0, 0.1) is 10.1 Å². The van der Waals surface area contributed by atoms with Crippen molar-refractivity contribution in [1.29, 1.82) is 0 Å². The van der Waals surface area contributed by atoms with Gasteiger partial charge in [-0.3, -0.25) is 24.3 Å². The van der Waals surface area contributed by atoms with Crippen molar-refractivity contribution in [3.05, 3.63) is 74.8 Å². The van der Waals surface area contributed by atoms with Crippen LogP contribution in [0.3, 0.4) is 0 Å². The smallest absolute Gasteiger partial charge is 0.271 e. The van der Waals surface area contributed by atoms with Crippen LogP contribution in [0.15, 0.2) is 57.8 Å². The Balaban J connectivity index is 1.60. The molecular formula is C23H19N5O6. The fourth-order valence-corrected chi connectivity index (χ4v) is 3.96. The molecule has 11 heteroatoms. The Morgan fingerprint density at radius 2 is 1.76 bits per heavy atom. The summed E-state index contributed by atoms with van der Waals surface area (Å²) in [5, 5.41) is 15.2. The van der Waals surface area contributed by atoms with Crippen molar-refractivity contribution in [2.75, 3.05) is 24.7 Å². The summed E-state index contributed by atoms with van der Waals surface area (Å²) < 4.78 is 12.0. The number of ether oxygens (including phenoxy) is 1. The number of hydrogen-bond acceptors (Lipinski definition) is 8. The molecule has 11 nitrogen and oxygen atoms in total. The summed E-state index contributed by atoms with van der Waals surface area (Å²) in [4.78, 5) is 42.3. The van der Waals surface area contributed by atoms with Gasteiger partial charge in [0.1, 0.15) is 23.5 Å². The molecule has 2 aromatic heterocycles. The van der Waals surface area contributed by atoms with Gasteiger partial charge in [-0.05, 0) is 36.4 Å². The normalized spacial score (nSPS) is 14.0. The highest BCUT2D eigenvalue weighted by molar-refractivity contribution is 5.95. The second-order valence-electron chi connectivity index (χ2n) is 7.65. The Hall–Kier alpha value is -4.38. The van der Waals surface area contributed by atoms with Gasteiger partial charge in [0.05, 0.1) is 17.2 Å². The fraction of sp³-hybridized carbons (Fsp3) is 0.217.